The van der Waals surface area contributed by atoms with E-state index in [-0.39, 0.29) is 23.3 Å². The number of methoxy groups -OCH3 is 1. The highest BCUT2D eigenvalue weighted by atomic mass is 32.2. The van der Waals surface area contributed by atoms with Crippen molar-refractivity contribution in [1.29, 1.82) is 0 Å². The molecule has 3 aromatic rings. The fourth-order valence-corrected chi connectivity index (χ4v) is 5.28. The molecule has 0 aliphatic heterocycles. The van der Waals surface area contributed by atoms with Crippen molar-refractivity contribution in [2.24, 2.45) is 5.92 Å². The molecule has 3 aromatic carbocycles. The molecule has 1 N–H and O–H groups in total. The molecule has 3 rings (SSSR count). The molecule has 0 radical (unpaired) electrons. The van der Waals surface area contributed by atoms with E-state index in [4.69, 9.17) is 4.74 Å². The predicted octanol–water partition coefficient (Wildman–Crippen LogP) is 4.08. The molecular weight excluding hydrogens is 502 g/mol. The summed E-state index contributed by atoms with van der Waals surface area (Å²) in [5.41, 5.74) is 1.10. The monoisotopic (exact) mass is 537 g/mol. The summed E-state index contributed by atoms with van der Waals surface area (Å²) in [7, 11) is -2.52. The lowest BCUT2D eigenvalue weighted by Gasteiger charge is -2.32. The number of anilines is 1. The zero-order valence-corrected chi connectivity index (χ0v) is 23.0. The lowest BCUT2D eigenvalue weighted by Crippen LogP contribution is -2.51. The smallest absolute Gasteiger partial charge is 0.264 e. The second kappa shape index (κ2) is 13.1. The lowest BCUT2D eigenvalue weighted by atomic mass is 10.1. The van der Waals surface area contributed by atoms with Gasteiger partial charge in [-0.1, -0.05) is 62.4 Å². The Morgan fingerprint density at radius 3 is 2.13 bits per heavy atom. The molecule has 0 aliphatic rings. The minimum Gasteiger partial charge on any atom is -0.497 e. The van der Waals surface area contributed by atoms with Crippen molar-refractivity contribution in [2.75, 3.05) is 24.5 Å². The van der Waals surface area contributed by atoms with Crippen LogP contribution < -0.4 is 14.4 Å². The average Bonchev–Trinajstić information content (AvgIpc) is 2.93. The van der Waals surface area contributed by atoms with Crippen LogP contribution in [0.2, 0.25) is 0 Å². The first-order valence-corrected chi connectivity index (χ1v) is 13.9. The molecule has 9 heteroatoms. The number of carbonyl (C=O) groups is 2. The van der Waals surface area contributed by atoms with Gasteiger partial charge in [-0.05, 0) is 54.8 Å². The van der Waals surface area contributed by atoms with Gasteiger partial charge in [-0.25, -0.2) is 8.42 Å². The van der Waals surface area contributed by atoms with Gasteiger partial charge in [0.1, 0.15) is 18.3 Å². The summed E-state index contributed by atoms with van der Waals surface area (Å²) in [5, 5.41) is 2.88. The van der Waals surface area contributed by atoms with Crippen molar-refractivity contribution >= 4 is 27.5 Å². The van der Waals surface area contributed by atoms with Gasteiger partial charge in [0, 0.05) is 13.1 Å². The normalized spacial score (nSPS) is 12.0. The Hall–Kier alpha value is -3.85. The summed E-state index contributed by atoms with van der Waals surface area (Å²) in [6.07, 6.45) is 0. The van der Waals surface area contributed by atoms with Gasteiger partial charge in [-0.15, -0.1) is 0 Å². The molecule has 0 bridgehead atoms. The molecular formula is C29H35N3O5S. The number of nitrogens with zero attached hydrogens (tertiary/aromatic N) is 2. The molecule has 0 saturated carbocycles. The number of para-hydroxylation sites is 1. The number of hydrogen-bond donors (Lipinski definition) is 1. The molecule has 0 unspecified atom stereocenters. The number of rotatable bonds is 12. The number of carbonyl (C=O) groups excluding carboxylic acids is 2. The van der Waals surface area contributed by atoms with E-state index >= 15 is 0 Å². The van der Waals surface area contributed by atoms with Crippen molar-refractivity contribution in [1.82, 2.24) is 10.2 Å². The van der Waals surface area contributed by atoms with Gasteiger partial charge in [0.15, 0.2) is 0 Å². The van der Waals surface area contributed by atoms with Gasteiger partial charge in [0.25, 0.3) is 10.0 Å². The molecule has 0 aromatic heterocycles. The molecule has 0 heterocycles. The lowest BCUT2D eigenvalue weighted by molar-refractivity contribution is -0.139. The first-order chi connectivity index (χ1) is 18.1. The quantitative estimate of drug-likeness (QED) is 0.376. The van der Waals surface area contributed by atoms with Crippen LogP contribution in [-0.4, -0.2) is 51.4 Å². The van der Waals surface area contributed by atoms with E-state index in [1.165, 1.54) is 17.0 Å². The van der Waals surface area contributed by atoms with Crippen molar-refractivity contribution < 1.29 is 22.7 Å². The molecule has 8 nitrogen and oxygen atoms in total. The van der Waals surface area contributed by atoms with Crippen molar-refractivity contribution in [3.8, 4) is 5.75 Å². The van der Waals surface area contributed by atoms with Crippen LogP contribution >= 0.6 is 0 Å². The van der Waals surface area contributed by atoms with Gasteiger partial charge in [0.2, 0.25) is 11.8 Å². The fourth-order valence-electron chi connectivity index (χ4n) is 3.85. The summed E-state index contributed by atoms with van der Waals surface area (Å²) in [4.78, 5) is 28.3. The molecule has 38 heavy (non-hydrogen) atoms. The maximum absolute atomic E-state index is 13.9. The largest absolute Gasteiger partial charge is 0.497 e. The number of nitrogens with one attached hydrogen (secondary N) is 1. The molecule has 0 aliphatic carbocycles. The summed E-state index contributed by atoms with van der Waals surface area (Å²) in [6, 6.07) is 22.8. The maximum atomic E-state index is 13.9. The third-order valence-electron chi connectivity index (χ3n) is 5.99. The maximum Gasteiger partial charge on any atom is 0.264 e. The molecule has 202 valence electrons. The first-order valence-electron chi connectivity index (χ1n) is 12.5. The number of sulfonamides is 1. The van der Waals surface area contributed by atoms with Crippen molar-refractivity contribution in [3.63, 3.8) is 0 Å². The Morgan fingerprint density at radius 2 is 1.53 bits per heavy atom. The van der Waals surface area contributed by atoms with E-state index in [9.17, 15) is 18.0 Å². The van der Waals surface area contributed by atoms with Gasteiger partial charge < -0.3 is 15.0 Å². The van der Waals surface area contributed by atoms with Gasteiger partial charge in [-0.2, -0.15) is 0 Å². The van der Waals surface area contributed by atoms with E-state index in [2.05, 4.69) is 5.32 Å². The van der Waals surface area contributed by atoms with Crippen LogP contribution in [0, 0.1) is 5.92 Å². The fraction of sp³-hybridized carbons (Fsp3) is 0.310. The van der Waals surface area contributed by atoms with Crippen LogP contribution in [0.5, 0.6) is 5.75 Å². The third kappa shape index (κ3) is 7.35. The molecule has 1 atom stereocenters. The van der Waals surface area contributed by atoms with Crippen LogP contribution in [0.4, 0.5) is 5.69 Å². The van der Waals surface area contributed by atoms with Crippen molar-refractivity contribution in [2.45, 2.75) is 38.3 Å². The number of hydrogen-bond acceptors (Lipinski definition) is 5. The first kappa shape index (κ1) is 28.7. The minimum atomic E-state index is -4.07. The second-order valence-corrected chi connectivity index (χ2v) is 11.2. The van der Waals surface area contributed by atoms with E-state index in [1.807, 2.05) is 19.9 Å². The van der Waals surface area contributed by atoms with Crippen LogP contribution in [0.15, 0.2) is 89.8 Å². The Kier molecular flexibility index (Phi) is 9.90. The summed E-state index contributed by atoms with van der Waals surface area (Å²) < 4.78 is 33.7. The minimum absolute atomic E-state index is 0.0683. The summed E-state index contributed by atoms with van der Waals surface area (Å²) in [5.74, 6) is 0.0261. The third-order valence-corrected chi connectivity index (χ3v) is 7.78. The number of amides is 2. The summed E-state index contributed by atoms with van der Waals surface area (Å²) in [6.45, 7) is 5.69. The Balaban J connectivity index is 1.98. The van der Waals surface area contributed by atoms with Crippen LogP contribution in [0.3, 0.4) is 0 Å². The highest BCUT2D eigenvalue weighted by Gasteiger charge is 2.32. The predicted molar refractivity (Wildman–Crippen MR) is 148 cm³/mol. The average molecular weight is 538 g/mol. The van der Waals surface area contributed by atoms with Gasteiger partial charge in [0.05, 0.1) is 17.7 Å². The van der Waals surface area contributed by atoms with Gasteiger partial charge >= 0.3 is 0 Å². The van der Waals surface area contributed by atoms with Crippen LogP contribution in [0.1, 0.15) is 26.3 Å². The number of benzene rings is 3. The standard InChI is InChI=1S/C29H35N3O5S/c1-22(2)19-30-29(34)23(3)31(20-24-12-11-15-26(18-24)37-4)28(33)21-32(25-13-7-5-8-14-25)38(35,36)27-16-9-6-10-17-27/h5-18,22-23H,19-21H2,1-4H3,(H,30,34)/t23-/m1/s1. The molecule has 0 fully saturated rings. The molecule has 0 saturated heterocycles. The molecule has 2 amide bonds. The number of ether oxygens (including phenoxy) is 1. The van der Waals surface area contributed by atoms with E-state index in [1.54, 1.807) is 80.8 Å². The topological polar surface area (TPSA) is 96.0 Å². The zero-order valence-electron chi connectivity index (χ0n) is 22.2. The molecule has 0 spiro atoms. The van der Waals surface area contributed by atoms with Crippen LogP contribution in [0.25, 0.3) is 0 Å². The zero-order chi connectivity index (χ0) is 27.7. The van der Waals surface area contributed by atoms with Crippen molar-refractivity contribution in [3.05, 3.63) is 90.5 Å². The van der Waals surface area contributed by atoms with E-state index in [0.717, 1.165) is 9.87 Å². The summed E-state index contributed by atoms with van der Waals surface area (Å²) >= 11 is 0. The van der Waals surface area contributed by atoms with Gasteiger partial charge in [-0.3, -0.25) is 13.9 Å². The highest BCUT2D eigenvalue weighted by molar-refractivity contribution is 7.92. The Bertz CT molecular complexity index is 1310. The van der Waals surface area contributed by atoms with E-state index < -0.39 is 28.5 Å². The van der Waals surface area contributed by atoms with Crippen LogP contribution in [-0.2, 0) is 26.2 Å². The Morgan fingerprint density at radius 1 is 0.895 bits per heavy atom. The van der Waals surface area contributed by atoms with E-state index in [0.29, 0.717) is 18.0 Å². The Labute approximate surface area is 225 Å². The highest BCUT2D eigenvalue weighted by Crippen LogP contribution is 2.24. The SMILES string of the molecule is COc1cccc(CN(C(=O)CN(c2ccccc2)S(=O)(=O)c2ccccc2)[C@H](C)C(=O)NCC(C)C)c1. The second-order valence-electron chi connectivity index (χ2n) is 9.35.